The van der Waals surface area contributed by atoms with Crippen LogP contribution in [0.1, 0.15) is 34.1 Å². The van der Waals surface area contributed by atoms with E-state index in [0.29, 0.717) is 0 Å². The van der Waals surface area contributed by atoms with Crippen molar-refractivity contribution in [2.24, 2.45) is 5.92 Å². The van der Waals surface area contributed by atoms with Crippen LogP contribution in [0.15, 0.2) is 0 Å². The van der Waals surface area contributed by atoms with Gasteiger partial charge in [0.25, 0.3) is 0 Å². The normalized spacial score (nSPS) is 23.7. The molecule has 0 radical (unpaired) electrons. The van der Waals surface area contributed by atoms with Gasteiger partial charge in [0.15, 0.2) is 0 Å². The van der Waals surface area contributed by atoms with Crippen molar-refractivity contribution < 1.29 is 27.5 Å². The van der Waals surface area contributed by atoms with E-state index in [1.54, 1.807) is 27.7 Å². The largest absolute Gasteiger partial charge is 0.471 e. The Morgan fingerprint density at radius 1 is 1.24 bits per heavy atom. The van der Waals surface area contributed by atoms with E-state index < -0.39 is 29.8 Å². The number of hydrogen-bond acceptors (Lipinski definition) is 3. The minimum Gasteiger partial charge on any atom is -0.444 e. The van der Waals surface area contributed by atoms with Gasteiger partial charge in [0.05, 0.1) is 0 Å². The number of alkyl halides is 3. The van der Waals surface area contributed by atoms with E-state index in [9.17, 15) is 22.8 Å². The highest BCUT2D eigenvalue weighted by Crippen LogP contribution is 2.22. The van der Waals surface area contributed by atoms with Gasteiger partial charge >= 0.3 is 18.2 Å². The van der Waals surface area contributed by atoms with E-state index in [1.165, 1.54) is 4.90 Å². The monoisotopic (exact) mass is 310 g/mol. The van der Waals surface area contributed by atoms with Crippen LogP contribution in [0, 0.1) is 5.92 Å². The van der Waals surface area contributed by atoms with Crippen LogP contribution in [-0.2, 0) is 9.53 Å². The van der Waals surface area contributed by atoms with Crippen LogP contribution in [0.4, 0.5) is 18.0 Å². The van der Waals surface area contributed by atoms with Gasteiger partial charge in [-0.15, -0.1) is 0 Å². The third kappa shape index (κ3) is 5.43. The minimum absolute atomic E-state index is 0.248. The number of amides is 2. The highest BCUT2D eigenvalue weighted by Gasteiger charge is 2.41. The van der Waals surface area contributed by atoms with Crippen molar-refractivity contribution in [1.82, 2.24) is 10.2 Å². The molecule has 1 rings (SSSR count). The second-order valence-electron chi connectivity index (χ2n) is 6.27. The molecule has 21 heavy (non-hydrogen) atoms. The first-order valence-corrected chi connectivity index (χ1v) is 6.76. The summed E-state index contributed by atoms with van der Waals surface area (Å²) in [5, 5.41) is 1.97. The Hall–Kier alpha value is -1.47. The summed E-state index contributed by atoms with van der Waals surface area (Å²) in [6.45, 7) is 7.41. The summed E-state index contributed by atoms with van der Waals surface area (Å²) in [7, 11) is 0. The number of nitrogens with one attached hydrogen (secondary N) is 1. The fourth-order valence-corrected chi connectivity index (χ4v) is 2.10. The maximum Gasteiger partial charge on any atom is 0.471 e. The van der Waals surface area contributed by atoms with Crippen LogP contribution in [0.25, 0.3) is 0 Å². The second-order valence-corrected chi connectivity index (χ2v) is 6.27. The van der Waals surface area contributed by atoms with Crippen LogP contribution in [0.3, 0.4) is 0 Å². The van der Waals surface area contributed by atoms with Crippen LogP contribution < -0.4 is 5.32 Å². The Balaban J connectivity index is 2.55. The molecule has 1 aliphatic rings. The molecular weight excluding hydrogens is 289 g/mol. The standard InChI is InChI=1S/C13H21F3N2O3/c1-8-7-18(11(20)21-12(2,3)4)6-5-9(8)17-10(19)13(14,15)16/h8-9H,5-7H2,1-4H3,(H,17,19)/t8-,9?/m1/s1. The van der Waals surface area contributed by atoms with Crippen molar-refractivity contribution in [2.45, 2.75) is 51.9 Å². The molecule has 0 aromatic rings. The SMILES string of the molecule is C[C@@H]1CN(C(=O)OC(C)(C)C)CCC1NC(=O)C(F)(F)F. The van der Waals surface area contributed by atoms with Gasteiger partial charge in [0.2, 0.25) is 0 Å². The van der Waals surface area contributed by atoms with Crippen molar-refractivity contribution in [2.75, 3.05) is 13.1 Å². The van der Waals surface area contributed by atoms with Gasteiger partial charge in [-0.2, -0.15) is 13.2 Å². The number of carbonyl (C=O) groups is 2. The van der Waals surface area contributed by atoms with Crippen LogP contribution in [0.5, 0.6) is 0 Å². The molecule has 0 spiro atoms. The molecule has 1 aliphatic heterocycles. The fourth-order valence-electron chi connectivity index (χ4n) is 2.10. The van der Waals surface area contributed by atoms with E-state index in [4.69, 9.17) is 4.74 Å². The number of halogens is 3. The van der Waals surface area contributed by atoms with Gasteiger partial charge in [0, 0.05) is 19.1 Å². The summed E-state index contributed by atoms with van der Waals surface area (Å²) < 4.78 is 41.9. The molecule has 2 atom stereocenters. The molecule has 122 valence electrons. The zero-order chi connectivity index (χ0) is 16.4. The zero-order valence-electron chi connectivity index (χ0n) is 12.6. The summed E-state index contributed by atoms with van der Waals surface area (Å²) in [6, 6.07) is -0.599. The third-order valence-corrected chi connectivity index (χ3v) is 3.13. The molecule has 2 amide bonds. The third-order valence-electron chi connectivity index (χ3n) is 3.13. The zero-order valence-corrected chi connectivity index (χ0v) is 12.6. The maximum atomic E-state index is 12.2. The van der Waals surface area contributed by atoms with E-state index in [2.05, 4.69) is 0 Å². The number of hydrogen-bond donors (Lipinski definition) is 1. The molecule has 1 unspecified atom stereocenters. The van der Waals surface area contributed by atoms with Gasteiger partial charge < -0.3 is 15.0 Å². The molecular formula is C13H21F3N2O3. The Morgan fingerprint density at radius 2 is 1.81 bits per heavy atom. The van der Waals surface area contributed by atoms with Gasteiger partial charge in [-0.3, -0.25) is 4.79 Å². The second kappa shape index (κ2) is 6.11. The topological polar surface area (TPSA) is 58.6 Å². The highest BCUT2D eigenvalue weighted by molar-refractivity contribution is 5.82. The Morgan fingerprint density at radius 3 is 2.24 bits per heavy atom. The fraction of sp³-hybridized carbons (Fsp3) is 0.846. The number of rotatable bonds is 1. The number of carbonyl (C=O) groups excluding carboxylic acids is 2. The summed E-state index contributed by atoms with van der Waals surface area (Å²) in [5.41, 5.74) is -0.623. The van der Waals surface area contributed by atoms with Crippen molar-refractivity contribution in [3.8, 4) is 0 Å². The van der Waals surface area contributed by atoms with Gasteiger partial charge in [0.1, 0.15) is 5.60 Å². The first-order chi connectivity index (χ1) is 9.40. The lowest BCUT2D eigenvalue weighted by Gasteiger charge is -2.37. The molecule has 0 saturated carbocycles. The predicted octanol–water partition coefficient (Wildman–Crippen LogP) is 2.31. The summed E-state index contributed by atoms with van der Waals surface area (Å²) in [4.78, 5) is 24.3. The van der Waals surface area contributed by atoms with E-state index in [1.807, 2.05) is 5.32 Å². The van der Waals surface area contributed by atoms with Crippen LogP contribution >= 0.6 is 0 Å². The van der Waals surface area contributed by atoms with Crippen molar-refractivity contribution in [1.29, 1.82) is 0 Å². The van der Waals surface area contributed by atoms with E-state index >= 15 is 0 Å². The molecule has 8 heteroatoms. The number of likely N-dealkylation sites (tertiary alicyclic amines) is 1. The van der Waals surface area contributed by atoms with Gasteiger partial charge in [-0.1, -0.05) is 6.92 Å². The minimum atomic E-state index is -4.89. The maximum absolute atomic E-state index is 12.2. The molecule has 0 bridgehead atoms. The molecule has 1 heterocycles. The van der Waals surface area contributed by atoms with Gasteiger partial charge in [-0.05, 0) is 33.1 Å². The lowest BCUT2D eigenvalue weighted by atomic mass is 9.94. The summed E-state index contributed by atoms with van der Waals surface area (Å²) in [6.07, 6.45) is -5.11. The Bertz CT molecular complexity index is 404. The first kappa shape index (κ1) is 17.6. The lowest BCUT2D eigenvalue weighted by Crippen LogP contribution is -2.54. The highest BCUT2D eigenvalue weighted by atomic mass is 19.4. The van der Waals surface area contributed by atoms with E-state index in [0.717, 1.165) is 0 Å². The quantitative estimate of drug-likeness (QED) is 0.808. The summed E-state index contributed by atoms with van der Waals surface area (Å²) >= 11 is 0. The average Bonchev–Trinajstić information content (AvgIpc) is 2.28. The first-order valence-electron chi connectivity index (χ1n) is 6.76. The number of ether oxygens (including phenoxy) is 1. The van der Waals surface area contributed by atoms with Gasteiger partial charge in [-0.25, -0.2) is 4.79 Å². The molecule has 1 N–H and O–H groups in total. The number of piperidine rings is 1. The predicted molar refractivity (Wildman–Crippen MR) is 69.6 cm³/mol. The average molecular weight is 310 g/mol. The lowest BCUT2D eigenvalue weighted by molar-refractivity contribution is -0.175. The van der Waals surface area contributed by atoms with Crippen molar-refractivity contribution in [3.63, 3.8) is 0 Å². The molecule has 0 aromatic heterocycles. The smallest absolute Gasteiger partial charge is 0.444 e. The Labute approximate surface area is 121 Å². The van der Waals surface area contributed by atoms with E-state index in [-0.39, 0.29) is 25.4 Å². The number of nitrogens with zero attached hydrogens (tertiary/aromatic N) is 1. The molecule has 0 aliphatic carbocycles. The summed E-state index contributed by atoms with van der Waals surface area (Å²) in [5.74, 6) is -2.22. The van der Waals surface area contributed by atoms with Crippen LogP contribution in [0.2, 0.25) is 0 Å². The molecule has 5 nitrogen and oxygen atoms in total. The molecule has 0 aromatic carbocycles. The van der Waals surface area contributed by atoms with Crippen LogP contribution in [-0.4, -0.2) is 47.8 Å². The molecule has 1 saturated heterocycles. The van der Waals surface area contributed by atoms with Crippen molar-refractivity contribution in [3.05, 3.63) is 0 Å². The Kier molecular flexibility index (Phi) is 5.11. The van der Waals surface area contributed by atoms with Crippen molar-refractivity contribution >= 4 is 12.0 Å². The molecule has 1 fully saturated rings.